The average Bonchev–Trinajstić information content (AvgIpc) is 2.56. The third kappa shape index (κ3) is 4.37. The number of nitrogens with zero attached hydrogens (tertiary/aromatic N) is 1. The predicted molar refractivity (Wildman–Crippen MR) is 88.0 cm³/mol. The van der Waals surface area contributed by atoms with Crippen LogP contribution in [0.5, 0.6) is 0 Å². The summed E-state index contributed by atoms with van der Waals surface area (Å²) in [5, 5.41) is 12.8. The molecular formula is C18H22N2O3. The topological polar surface area (TPSA) is 71.5 Å². The zero-order valence-corrected chi connectivity index (χ0v) is 13.7. The molecule has 5 nitrogen and oxygen atoms in total. The van der Waals surface area contributed by atoms with Gasteiger partial charge in [-0.2, -0.15) is 0 Å². The summed E-state index contributed by atoms with van der Waals surface area (Å²) < 4.78 is 4.69. The largest absolute Gasteiger partial charge is 0.465 e. The van der Waals surface area contributed by atoms with Crippen LogP contribution in [0.1, 0.15) is 38.3 Å². The van der Waals surface area contributed by atoms with Gasteiger partial charge in [0.25, 0.3) is 0 Å². The molecule has 0 saturated carbocycles. The number of esters is 1. The van der Waals surface area contributed by atoms with Crippen LogP contribution in [-0.2, 0) is 24.4 Å². The Morgan fingerprint density at radius 1 is 1.22 bits per heavy atom. The molecule has 0 bridgehead atoms. The standard InChI is InChI=1S/C18H22N2O3/c1-12-6-13(2)17(20-8-12)10-19-9-15-5-4-14(18(22)23-3)7-16(15)11-21/h4-8,19,21H,9-11H2,1-3H3. The molecule has 2 aromatic rings. The van der Waals surface area contributed by atoms with Crippen LogP contribution in [0.2, 0.25) is 0 Å². The molecule has 2 rings (SSSR count). The van der Waals surface area contributed by atoms with Crippen molar-refractivity contribution >= 4 is 5.97 Å². The van der Waals surface area contributed by atoms with Crippen LogP contribution in [0.4, 0.5) is 0 Å². The monoisotopic (exact) mass is 314 g/mol. The predicted octanol–water partition coefficient (Wildman–Crippen LogP) is 2.27. The Labute approximate surface area is 136 Å². The minimum Gasteiger partial charge on any atom is -0.465 e. The van der Waals surface area contributed by atoms with Crippen molar-refractivity contribution in [3.63, 3.8) is 0 Å². The first-order valence-electron chi connectivity index (χ1n) is 7.49. The lowest BCUT2D eigenvalue weighted by molar-refractivity contribution is 0.0600. The molecule has 0 aliphatic rings. The van der Waals surface area contributed by atoms with Gasteiger partial charge in [-0.05, 0) is 48.2 Å². The van der Waals surface area contributed by atoms with Gasteiger partial charge in [-0.3, -0.25) is 4.98 Å². The Morgan fingerprint density at radius 3 is 2.65 bits per heavy atom. The van der Waals surface area contributed by atoms with E-state index in [-0.39, 0.29) is 6.61 Å². The second kappa shape index (κ2) is 7.85. The van der Waals surface area contributed by atoms with Gasteiger partial charge in [0.2, 0.25) is 0 Å². The van der Waals surface area contributed by atoms with Gasteiger partial charge in [0, 0.05) is 19.3 Å². The third-order valence-corrected chi connectivity index (χ3v) is 3.73. The summed E-state index contributed by atoms with van der Waals surface area (Å²) in [6.45, 7) is 5.18. The zero-order chi connectivity index (χ0) is 16.8. The van der Waals surface area contributed by atoms with Crippen molar-refractivity contribution in [3.05, 3.63) is 64.0 Å². The molecule has 0 spiro atoms. The number of aliphatic hydroxyl groups excluding tert-OH is 1. The molecule has 0 saturated heterocycles. The van der Waals surface area contributed by atoms with E-state index in [1.165, 1.54) is 7.11 Å². The number of methoxy groups -OCH3 is 1. The minimum atomic E-state index is -0.404. The summed E-state index contributed by atoms with van der Waals surface area (Å²) in [7, 11) is 1.34. The van der Waals surface area contributed by atoms with Crippen LogP contribution < -0.4 is 5.32 Å². The molecule has 0 fully saturated rings. The summed E-state index contributed by atoms with van der Waals surface area (Å²) in [5.41, 5.74) is 5.41. The molecule has 0 atom stereocenters. The smallest absolute Gasteiger partial charge is 0.337 e. The zero-order valence-electron chi connectivity index (χ0n) is 13.7. The molecule has 0 radical (unpaired) electrons. The molecule has 0 unspecified atom stereocenters. The Morgan fingerprint density at radius 2 is 2.00 bits per heavy atom. The maximum absolute atomic E-state index is 11.5. The van der Waals surface area contributed by atoms with Crippen LogP contribution in [0.3, 0.4) is 0 Å². The van der Waals surface area contributed by atoms with Crippen LogP contribution in [-0.4, -0.2) is 23.2 Å². The molecule has 0 amide bonds. The highest BCUT2D eigenvalue weighted by molar-refractivity contribution is 5.89. The van der Waals surface area contributed by atoms with Gasteiger partial charge in [0.05, 0.1) is 25.0 Å². The van der Waals surface area contributed by atoms with E-state index in [2.05, 4.69) is 16.4 Å². The molecule has 2 N–H and O–H groups in total. The SMILES string of the molecule is COC(=O)c1ccc(CNCc2ncc(C)cc2C)c(CO)c1. The lowest BCUT2D eigenvalue weighted by Gasteiger charge is -2.11. The third-order valence-electron chi connectivity index (χ3n) is 3.73. The number of aryl methyl sites for hydroxylation is 2. The lowest BCUT2D eigenvalue weighted by atomic mass is 10.0. The number of ether oxygens (including phenoxy) is 1. The first-order chi connectivity index (χ1) is 11.0. The van der Waals surface area contributed by atoms with Crippen LogP contribution in [0.15, 0.2) is 30.5 Å². The van der Waals surface area contributed by atoms with E-state index in [9.17, 15) is 9.90 Å². The van der Waals surface area contributed by atoms with Crippen LogP contribution >= 0.6 is 0 Å². The van der Waals surface area contributed by atoms with E-state index in [1.807, 2.05) is 26.1 Å². The highest BCUT2D eigenvalue weighted by Crippen LogP contribution is 2.14. The summed E-state index contributed by atoms with van der Waals surface area (Å²) in [6.07, 6.45) is 1.86. The van der Waals surface area contributed by atoms with Gasteiger partial charge in [0.1, 0.15) is 0 Å². The molecule has 5 heteroatoms. The molecule has 1 aromatic heterocycles. The number of rotatable bonds is 6. The number of benzene rings is 1. The van der Waals surface area contributed by atoms with Gasteiger partial charge in [0.15, 0.2) is 0 Å². The first-order valence-corrected chi connectivity index (χ1v) is 7.49. The number of aliphatic hydroxyl groups is 1. The number of pyridine rings is 1. The maximum Gasteiger partial charge on any atom is 0.337 e. The number of hydrogen-bond donors (Lipinski definition) is 2. The second-order valence-corrected chi connectivity index (χ2v) is 5.51. The Hall–Kier alpha value is -2.24. The molecule has 1 aromatic carbocycles. The van der Waals surface area contributed by atoms with E-state index >= 15 is 0 Å². The van der Waals surface area contributed by atoms with Gasteiger partial charge < -0.3 is 15.2 Å². The Balaban J connectivity index is 2.04. The summed E-state index contributed by atoms with van der Waals surface area (Å²) in [6, 6.07) is 7.31. The minimum absolute atomic E-state index is 0.121. The van der Waals surface area contributed by atoms with E-state index in [4.69, 9.17) is 4.74 Å². The average molecular weight is 314 g/mol. The van der Waals surface area contributed by atoms with Crippen molar-refractivity contribution in [2.24, 2.45) is 0 Å². The van der Waals surface area contributed by atoms with Crippen molar-refractivity contribution < 1.29 is 14.6 Å². The van der Waals surface area contributed by atoms with Crippen molar-refractivity contribution in [2.75, 3.05) is 7.11 Å². The first kappa shape index (κ1) is 17.1. The van der Waals surface area contributed by atoms with E-state index in [0.717, 1.165) is 22.4 Å². The quantitative estimate of drug-likeness (QED) is 0.800. The fourth-order valence-corrected chi connectivity index (χ4v) is 2.43. The molecule has 0 aliphatic heterocycles. The summed E-state index contributed by atoms with van der Waals surface area (Å²) >= 11 is 0. The number of nitrogens with one attached hydrogen (secondary N) is 1. The molecule has 23 heavy (non-hydrogen) atoms. The Bertz CT molecular complexity index is 699. The number of carbonyl (C=O) groups excluding carboxylic acids is 1. The fourth-order valence-electron chi connectivity index (χ4n) is 2.43. The lowest BCUT2D eigenvalue weighted by Crippen LogP contribution is -2.16. The molecule has 122 valence electrons. The Kier molecular flexibility index (Phi) is 5.84. The summed E-state index contributed by atoms with van der Waals surface area (Å²) in [5.74, 6) is -0.404. The van der Waals surface area contributed by atoms with Crippen molar-refractivity contribution in [1.29, 1.82) is 0 Å². The number of hydrogen-bond acceptors (Lipinski definition) is 5. The second-order valence-electron chi connectivity index (χ2n) is 5.51. The van der Waals surface area contributed by atoms with Crippen molar-refractivity contribution in [2.45, 2.75) is 33.5 Å². The van der Waals surface area contributed by atoms with Crippen LogP contribution in [0.25, 0.3) is 0 Å². The highest BCUT2D eigenvalue weighted by atomic mass is 16.5. The van der Waals surface area contributed by atoms with Crippen molar-refractivity contribution in [3.8, 4) is 0 Å². The maximum atomic E-state index is 11.5. The van der Waals surface area contributed by atoms with E-state index < -0.39 is 5.97 Å². The van der Waals surface area contributed by atoms with Gasteiger partial charge >= 0.3 is 5.97 Å². The highest BCUT2D eigenvalue weighted by Gasteiger charge is 2.09. The fraction of sp³-hybridized carbons (Fsp3) is 0.333. The van der Waals surface area contributed by atoms with Gasteiger partial charge in [-0.15, -0.1) is 0 Å². The molecule has 1 heterocycles. The molecule has 0 aliphatic carbocycles. The summed E-state index contributed by atoms with van der Waals surface area (Å²) in [4.78, 5) is 16.0. The van der Waals surface area contributed by atoms with E-state index in [0.29, 0.717) is 24.2 Å². The number of aromatic nitrogens is 1. The normalized spacial score (nSPS) is 10.6. The van der Waals surface area contributed by atoms with Crippen LogP contribution in [0, 0.1) is 13.8 Å². The van der Waals surface area contributed by atoms with Gasteiger partial charge in [-0.1, -0.05) is 12.1 Å². The van der Waals surface area contributed by atoms with Crippen molar-refractivity contribution in [1.82, 2.24) is 10.3 Å². The van der Waals surface area contributed by atoms with Gasteiger partial charge in [-0.25, -0.2) is 4.79 Å². The van der Waals surface area contributed by atoms with E-state index in [1.54, 1.807) is 12.1 Å². The molecular weight excluding hydrogens is 292 g/mol. The number of carbonyl (C=O) groups is 1.